The predicted octanol–water partition coefficient (Wildman–Crippen LogP) is 2.27. The van der Waals surface area contributed by atoms with Crippen LogP contribution in [0.25, 0.3) is 0 Å². The lowest BCUT2D eigenvalue weighted by atomic mass is 9.97. The molecule has 4 rings (SSSR count). The fourth-order valence-electron chi connectivity index (χ4n) is 4.91. The van der Waals surface area contributed by atoms with E-state index in [1.165, 1.54) is 0 Å². The van der Waals surface area contributed by atoms with Crippen molar-refractivity contribution in [1.82, 2.24) is 15.5 Å². The molecule has 2 fully saturated rings. The number of nitrogens with zero attached hydrogens (tertiary/aromatic N) is 1. The molecule has 4 atom stereocenters. The minimum atomic E-state index is -0.634. The van der Waals surface area contributed by atoms with Crippen molar-refractivity contribution < 1.29 is 14.4 Å². The summed E-state index contributed by atoms with van der Waals surface area (Å²) in [4.78, 5) is 40.7. The van der Waals surface area contributed by atoms with Gasteiger partial charge < -0.3 is 21.3 Å². The van der Waals surface area contributed by atoms with Crippen LogP contribution in [0, 0.1) is 0 Å². The minimum absolute atomic E-state index is 0.0353. The molecule has 0 bridgehead atoms. The molecule has 2 aliphatic heterocycles. The zero-order valence-electron chi connectivity index (χ0n) is 18.9. The fourth-order valence-corrected chi connectivity index (χ4v) is 4.91. The number of benzene rings is 2. The van der Waals surface area contributed by atoms with Crippen LogP contribution in [0.4, 0.5) is 0 Å². The zero-order chi connectivity index (χ0) is 23.4. The summed E-state index contributed by atoms with van der Waals surface area (Å²) in [6.07, 6.45) is 3.26. The normalized spacial score (nSPS) is 23.2. The van der Waals surface area contributed by atoms with Crippen molar-refractivity contribution in [1.29, 1.82) is 0 Å². The summed E-state index contributed by atoms with van der Waals surface area (Å²) in [6, 6.07) is 17.6. The Bertz CT molecular complexity index is 942. The molecule has 0 spiro atoms. The quantitative estimate of drug-likeness (QED) is 0.604. The van der Waals surface area contributed by atoms with E-state index < -0.39 is 18.1 Å². The number of hydrogen-bond donors (Lipinski definition) is 3. The third-order valence-electron chi connectivity index (χ3n) is 6.79. The van der Waals surface area contributed by atoms with Gasteiger partial charge in [-0.25, -0.2) is 0 Å². The summed E-state index contributed by atoms with van der Waals surface area (Å²) in [7, 11) is 0. The lowest BCUT2D eigenvalue weighted by Crippen LogP contribution is -2.60. The number of amides is 3. The summed E-state index contributed by atoms with van der Waals surface area (Å²) >= 11 is 0. The standard InChI is InChI=1S/C26H32N4O3/c1-2-20(27)24(31)28-21-15-13-19-14-16-22(30(19)26(21)33)25(32)29-23(17-9-5-3-6-10-17)18-11-7-4-8-12-18/h3-12,19-23H,2,13-16,27H2,1H3,(H,28,31)(H,29,32)/t19-,20+,21+,22+/m1/s1. The molecule has 0 radical (unpaired) electrons. The molecule has 2 heterocycles. The highest BCUT2D eigenvalue weighted by atomic mass is 16.2. The highest BCUT2D eigenvalue weighted by molar-refractivity contribution is 5.94. The van der Waals surface area contributed by atoms with E-state index in [9.17, 15) is 14.4 Å². The molecule has 7 nitrogen and oxygen atoms in total. The zero-order valence-corrected chi connectivity index (χ0v) is 18.9. The third kappa shape index (κ3) is 4.93. The van der Waals surface area contributed by atoms with Gasteiger partial charge in [0.05, 0.1) is 12.1 Å². The maximum absolute atomic E-state index is 13.5. The molecule has 0 unspecified atom stereocenters. The average Bonchev–Trinajstić information content (AvgIpc) is 3.29. The van der Waals surface area contributed by atoms with Crippen molar-refractivity contribution in [2.45, 2.75) is 69.2 Å². The molecule has 0 aliphatic carbocycles. The Kier molecular flexibility index (Phi) is 7.08. The Hall–Kier alpha value is -3.19. The number of fused-ring (bicyclic) bond motifs is 1. The van der Waals surface area contributed by atoms with Gasteiger partial charge in [0, 0.05) is 6.04 Å². The second-order valence-electron chi connectivity index (χ2n) is 8.91. The number of carbonyl (C=O) groups excluding carboxylic acids is 3. The van der Waals surface area contributed by atoms with Crippen LogP contribution in [0.5, 0.6) is 0 Å². The number of nitrogens with two attached hydrogens (primary N) is 1. The Labute approximate surface area is 194 Å². The highest BCUT2D eigenvalue weighted by Gasteiger charge is 2.46. The molecule has 0 aromatic heterocycles. The summed E-state index contributed by atoms with van der Waals surface area (Å²) in [5, 5.41) is 5.98. The van der Waals surface area contributed by atoms with E-state index in [4.69, 9.17) is 5.73 Å². The Balaban J connectivity index is 1.51. The van der Waals surface area contributed by atoms with Crippen molar-refractivity contribution in [2.75, 3.05) is 0 Å². The predicted molar refractivity (Wildman–Crippen MR) is 126 cm³/mol. The van der Waals surface area contributed by atoms with E-state index >= 15 is 0 Å². The van der Waals surface area contributed by atoms with E-state index in [2.05, 4.69) is 10.6 Å². The van der Waals surface area contributed by atoms with Gasteiger partial charge in [0.2, 0.25) is 17.7 Å². The topological polar surface area (TPSA) is 105 Å². The van der Waals surface area contributed by atoms with Gasteiger partial charge in [0.1, 0.15) is 12.1 Å². The van der Waals surface area contributed by atoms with Crippen LogP contribution >= 0.6 is 0 Å². The van der Waals surface area contributed by atoms with E-state index in [1.54, 1.807) is 4.90 Å². The Morgan fingerprint density at radius 2 is 1.55 bits per heavy atom. The van der Waals surface area contributed by atoms with Crippen LogP contribution in [0.15, 0.2) is 60.7 Å². The van der Waals surface area contributed by atoms with Crippen molar-refractivity contribution in [3.8, 4) is 0 Å². The molecular formula is C26H32N4O3. The molecule has 174 valence electrons. The van der Waals surface area contributed by atoms with E-state index in [1.807, 2.05) is 67.6 Å². The van der Waals surface area contributed by atoms with E-state index in [-0.39, 0.29) is 29.8 Å². The van der Waals surface area contributed by atoms with Gasteiger partial charge in [-0.05, 0) is 43.2 Å². The number of carbonyl (C=O) groups is 3. The second kappa shape index (κ2) is 10.2. The van der Waals surface area contributed by atoms with Gasteiger partial charge >= 0.3 is 0 Å². The Morgan fingerprint density at radius 3 is 2.12 bits per heavy atom. The van der Waals surface area contributed by atoms with Crippen molar-refractivity contribution in [3.63, 3.8) is 0 Å². The summed E-state index contributed by atoms with van der Waals surface area (Å²) in [5.74, 6) is -0.667. The monoisotopic (exact) mass is 448 g/mol. The molecule has 2 aromatic rings. The highest BCUT2D eigenvalue weighted by Crippen LogP contribution is 2.33. The average molecular weight is 449 g/mol. The summed E-state index contributed by atoms with van der Waals surface area (Å²) in [5.41, 5.74) is 7.79. The van der Waals surface area contributed by atoms with Gasteiger partial charge in [-0.1, -0.05) is 67.6 Å². The van der Waals surface area contributed by atoms with Gasteiger partial charge in [-0.2, -0.15) is 0 Å². The van der Waals surface area contributed by atoms with E-state index in [0.29, 0.717) is 19.3 Å². The van der Waals surface area contributed by atoms with Crippen molar-refractivity contribution >= 4 is 17.7 Å². The first-order valence-electron chi connectivity index (χ1n) is 11.8. The number of rotatable bonds is 7. The van der Waals surface area contributed by atoms with Gasteiger partial charge in [-0.3, -0.25) is 14.4 Å². The van der Waals surface area contributed by atoms with Crippen LogP contribution in [-0.2, 0) is 14.4 Å². The summed E-state index contributed by atoms with van der Waals surface area (Å²) in [6.45, 7) is 1.83. The first kappa shape index (κ1) is 23.0. The van der Waals surface area contributed by atoms with Crippen LogP contribution in [0.3, 0.4) is 0 Å². The summed E-state index contributed by atoms with van der Waals surface area (Å²) < 4.78 is 0. The molecule has 3 amide bonds. The smallest absolute Gasteiger partial charge is 0.246 e. The number of hydrogen-bond acceptors (Lipinski definition) is 4. The molecule has 33 heavy (non-hydrogen) atoms. The van der Waals surface area contributed by atoms with Crippen molar-refractivity contribution in [3.05, 3.63) is 71.8 Å². The van der Waals surface area contributed by atoms with Gasteiger partial charge in [0.25, 0.3) is 0 Å². The van der Waals surface area contributed by atoms with Crippen molar-refractivity contribution in [2.24, 2.45) is 5.73 Å². The largest absolute Gasteiger partial charge is 0.343 e. The lowest BCUT2D eigenvalue weighted by molar-refractivity contribution is -0.146. The molecule has 4 N–H and O–H groups in total. The first-order chi connectivity index (χ1) is 16.0. The Morgan fingerprint density at radius 1 is 0.970 bits per heavy atom. The first-order valence-corrected chi connectivity index (χ1v) is 11.8. The van der Waals surface area contributed by atoms with Crippen LogP contribution < -0.4 is 16.4 Å². The van der Waals surface area contributed by atoms with Gasteiger partial charge in [-0.15, -0.1) is 0 Å². The molecule has 7 heteroatoms. The minimum Gasteiger partial charge on any atom is -0.343 e. The lowest BCUT2D eigenvalue weighted by Gasteiger charge is -2.38. The second-order valence-corrected chi connectivity index (χ2v) is 8.91. The van der Waals surface area contributed by atoms with Crippen LogP contribution in [-0.4, -0.2) is 46.8 Å². The molecule has 2 aromatic carbocycles. The third-order valence-corrected chi connectivity index (χ3v) is 6.79. The van der Waals surface area contributed by atoms with E-state index in [0.717, 1.165) is 24.0 Å². The number of piperidine rings is 1. The molecular weight excluding hydrogens is 416 g/mol. The van der Waals surface area contributed by atoms with Crippen LogP contribution in [0.1, 0.15) is 56.2 Å². The maximum Gasteiger partial charge on any atom is 0.246 e. The number of nitrogens with one attached hydrogen (secondary N) is 2. The van der Waals surface area contributed by atoms with Gasteiger partial charge in [0.15, 0.2) is 0 Å². The molecule has 0 saturated carbocycles. The fraction of sp³-hybridized carbons (Fsp3) is 0.423. The SMILES string of the molecule is CC[C@H](N)C(=O)N[C@H]1CC[C@@H]2CC[C@@H](C(=O)NC(c3ccccc3)c3ccccc3)N2C1=O. The van der Waals surface area contributed by atoms with Crippen LogP contribution in [0.2, 0.25) is 0 Å². The molecule has 2 saturated heterocycles. The molecule has 2 aliphatic rings. The maximum atomic E-state index is 13.5.